The molecule has 1 rings (SSSR count). The highest BCUT2D eigenvalue weighted by atomic mass is 16.5. The highest BCUT2D eigenvalue weighted by Crippen LogP contribution is 2.28. The number of allylic oxidation sites excluding steroid dienone is 2. The lowest BCUT2D eigenvalue weighted by molar-refractivity contribution is -0.147. The van der Waals surface area contributed by atoms with Gasteiger partial charge in [-0.1, -0.05) is 64.0 Å². The summed E-state index contributed by atoms with van der Waals surface area (Å²) in [6.07, 6.45) is 21.1. The van der Waals surface area contributed by atoms with Crippen LogP contribution in [0.2, 0.25) is 0 Å². The molecule has 0 aliphatic heterocycles. The zero-order valence-electron chi connectivity index (χ0n) is 19.1. The summed E-state index contributed by atoms with van der Waals surface area (Å²) in [6.45, 7) is 7.97. The van der Waals surface area contributed by atoms with E-state index in [0.29, 0.717) is 12.2 Å². The van der Waals surface area contributed by atoms with Crippen molar-refractivity contribution >= 4 is 11.8 Å². The summed E-state index contributed by atoms with van der Waals surface area (Å²) in [5.74, 6) is 1.32. The van der Waals surface area contributed by atoms with Crippen LogP contribution in [0, 0.1) is 5.92 Å². The normalized spacial score (nSPS) is 14.3. The van der Waals surface area contributed by atoms with Gasteiger partial charge < -0.3 is 4.74 Å². The molecule has 0 N–H and O–H groups in total. The Bertz CT molecular complexity index is 406. The average molecular weight is 395 g/mol. The first-order valence-electron chi connectivity index (χ1n) is 11.8. The molecule has 0 atom stereocenters. The van der Waals surface area contributed by atoms with Crippen molar-refractivity contribution in [1.29, 1.82) is 0 Å². The number of Topliss-reactive ketones (excluding diaryl/α,β-unsaturated/α-hetero) is 1. The molecule has 28 heavy (non-hydrogen) atoms. The van der Waals surface area contributed by atoms with E-state index in [1.54, 1.807) is 0 Å². The van der Waals surface area contributed by atoms with Gasteiger partial charge in [0.05, 0.1) is 6.10 Å². The molecule has 1 saturated carbocycles. The molecule has 164 valence electrons. The first-order chi connectivity index (χ1) is 13.5. The van der Waals surface area contributed by atoms with E-state index >= 15 is 0 Å². The maximum atomic E-state index is 11.5. The van der Waals surface area contributed by atoms with Gasteiger partial charge in [0.1, 0.15) is 5.78 Å². The number of hydrogen-bond acceptors (Lipinski definition) is 3. The lowest BCUT2D eigenvalue weighted by Crippen LogP contribution is -2.10. The summed E-state index contributed by atoms with van der Waals surface area (Å²) in [7, 11) is 0. The number of hydrogen-bond donors (Lipinski definition) is 0. The van der Waals surface area contributed by atoms with E-state index in [1.165, 1.54) is 51.4 Å². The van der Waals surface area contributed by atoms with E-state index < -0.39 is 0 Å². The molecule has 0 radical (unpaired) electrons. The summed E-state index contributed by atoms with van der Waals surface area (Å²) in [6, 6.07) is 0. The van der Waals surface area contributed by atoms with Crippen molar-refractivity contribution in [3.05, 3.63) is 12.2 Å². The van der Waals surface area contributed by atoms with Crippen LogP contribution in [0.4, 0.5) is 0 Å². The fourth-order valence-corrected chi connectivity index (χ4v) is 3.56. The lowest BCUT2D eigenvalue weighted by atomic mass is 9.98. The van der Waals surface area contributed by atoms with Crippen LogP contribution in [0.15, 0.2) is 12.2 Å². The molecule has 1 fully saturated rings. The van der Waals surface area contributed by atoms with Gasteiger partial charge in [0.15, 0.2) is 0 Å². The van der Waals surface area contributed by atoms with Gasteiger partial charge in [-0.25, -0.2) is 0 Å². The quantitative estimate of drug-likeness (QED) is 0.173. The molecule has 0 bridgehead atoms. The Hall–Kier alpha value is -1.12. The topological polar surface area (TPSA) is 43.4 Å². The second-order valence-corrected chi connectivity index (χ2v) is 8.39. The minimum atomic E-state index is -0.0639. The molecule has 0 saturated heterocycles. The molecule has 0 aromatic heterocycles. The van der Waals surface area contributed by atoms with E-state index in [9.17, 15) is 9.59 Å². The van der Waals surface area contributed by atoms with Gasteiger partial charge in [-0.3, -0.25) is 9.59 Å². The Morgan fingerprint density at radius 2 is 1.64 bits per heavy atom. The number of carbonyl (C=O) groups is 2. The van der Waals surface area contributed by atoms with Gasteiger partial charge in [0, 0.05) is 19.3 Å². The molecule has 3 heteroatoms. The minimum absolute atomic E-state index is 0.0190. The van der Waals surface area contributed by atoms with Crippen molar-refractivity contribution in [3.63, 3.8) is 0 Å². The monoisotopic (exact) mass is 394 g/mol. The Morgan fingerprint density at radius 3 is 2.25 bits per heavy atom. The molecular weight excluding hydrogens is 348 g/mol. The van der Waals surface area contributed by atoms with Gasteiger partial charge in [-0.2, -0.15) is 0 Å². The molecular formula is C25H46O3. The summed E-state index contributed by atoms with van der Waals surface area (Å²) in [4.78, 5) is 22.6. The summed E-state index contributed by atoms with van der Waals surface area (Å²) in [5, 5.41) is 0. The third kappa shape index (κ3) is 18.3. The zero-order chi connectivity index (χ0) is 21.0. The molecule has 0 spiro atoms. The van der Waals surface area contributed by atoms with Crippen molar-refractivity contribution in [3.8, 4) is 0 Å². The predicted molar refractivity (Wildman–Crippen MR) is 119 cm³/mol. The van der Waals surface area contributed by atoms with Gasteiger partial charge in [-0.15, -0.1) is 0 Å². The van der Waals surface area contributed by atoms with E-state index in [-0.39, 0.29) is 12.1 Å². The van der Waals surface area contributed by atoms with Crippen molar-refractivity contribution < 1.29 is 14.3 Å². The minimum Gasteiger partial charge on any atom is -0.463 e. The van der Waals surface area contributed by atoms with Crippen LogP contribution < -0.4 is 0 Å². The van der Waals surface area contributed by atoms with Crippen LogP contribution in [0.3, 0.4) is 0 Å². The number of ketones is 1. The third-order valence-corrected chi connectivity index (χ3v) is 5.22. The fraction of sp³-hybridized carbons (Fsp3) is 0.840. The smallest absolute Gasteiger partial charge is 0.306 e. The van der Waals surface area contributed by atoms with E-state index in [1.807, 2.05) is 20.8 Å². The molecule has 0 heterocycles. The SMILES string of the molecule is CC=CCCCCCC(=O)OC(C)C.CCCCCC(=O)CCC1CCCC1. The summed E-state index contributed by atoms with van der Waals surface area (Å²) >= 11 is 0. The second-order valence-electron chi connectivity index (χ2n) is 8.39. The molecule has 1 aliphatic rings. The van der Waals surface area contributed by atoms with Crippen molar-refractivity contribution in [2.75, 3.05) is 0 Å². The van der Waals surface area contributed by atoms with Gasteiger partial charge >= 0.3 is 5.97 Å². The maximum absolute atomic E-state index is 11.5. The molecule has 3 nitrogen and oxygen atoms in total. The van der Waals surface area contributed by atoms with Crippen molar-refractivity contribution in [2.24, 2.45) is 5.92 Å². The van der Waals surface area contributed by atoms with Gasteiger partial charge in [0.2, 0.25) is 0 Å². The maximum Gasteiger partial charge on any atom is 0.306 e. The highest BCUT2D eigenvalue weighted by Gasteiger charge is 2.15. The summed E-state index contributed by atoms with van der Waals surface area (Å²) in [5.41, 5.74) is 0. The first-order valence-corrected chi connectivity index (χ1v) is 11.8. The number of unbranched alkanes of at least 4 members (excludes halogenated alkanes) is 5. The highest BCUT2D eigenvalue weighted by molar-refractivity contribution is 5.78. The Balaban J connectivity index is 0.000000521. The third-order valence-electron chi connectivity index (χ3n) is 5.22. The predicted octanol–water partition coefficient (Wildman–Crippen LogP) is 7.57. The molecule has 0 aromatic carbocycles. The van der Waals surface area contributed by atoms with Gasteiger partial charge in [0.25, 0.3) is 0 Å². The lowest BCUT2D eigenvalue weighted by Gasteiger charge is -2.07. The Labute approximate surface area is 174 Å². The fourth-order valence-electron chi connectivity index (χ4n) is 3.56. The standard InChI is InChI=1S/C13H24O.C12H22O2/c1-2-3-4-9-13(14)11-10-12-7-5-6-8-12;1-4-5-6-7-8-9-10-12(13)14-11(2)3/h12H,2-11H2,1H3;4-5,11H,6-10H2,1-3H3. The van der Waals surface area contributed by atoms with Gasteiger partial charge in [-0.05, 0) is 58.8 Å². The largest absolute Gasteiger partial charge is 0.463 e. The first kappa shape index (κ1) is 26.9. The van der Waals surface area contributed by atoms with Crippen LogP contribution in [0.25, 0.3) is 0 Å². The zero-order valence-corrected chi connectivity index (χ0v) is 19.1. The van der Waals surface area contributed by atoms with Crippen LogP contribution in [-0.2, 0) is 14.3 Å². The van der Waals surface area contributed by atoms with E-state index in [4.69, 9.17) is 4.74 Å². The Kier molecular flexibility index (Phi) is 18.4. The van der Waals surface area contributed by atoms with Crippen LogP contribution in [-0.4, -0.2) is 17.9 Å². The molecule has 1 aliphatic carbocycles. The number of esters is 1. The molecule has 0 aromatic rings. The van der Waals surface area contributed by atoms with Crippen molar-refractivity contribution in [1.82, 2.24) is 0 Å². The van der Waals surface area contributed by atoms with Crippen LogP contribution in [0.5, 0.6) is 0 Å². The van der Waals surface area contributed by atoms with E-state index in [2.05, 4.69) is 19.1 Å². The summed E-state index contributed by atoms with van der Waals surface area (Å²) < 4.78 is 5.02. The van der Waals surface area contributed by atoms with Crippen LogP contribution >= 0.6 is 0 Å². The average Bonchev–Trinajstić information content (AvgIpc) is 3.17. The van der Waals surface area contributed by atoms with Crippen LogP contribution in [0.1, 0.15) is 124 Å². The molecule has 0 amide bonds. The van der Waals surface area contributed by atoms with E-state index in [0.717, 1.165) is 44.4 Å². The second kappa shape index (κ2) is 19.2. The Morgan fingerprint density at radius 1 is 0.964 bits per heavy atom. The number of carbonyl (C=O) groups excluding carboxylic acids is 2. The molecule has 0 unspecified atom stereocenters. The number of rotatable bonds is 14. The number of ether oxygens (including phenoxy) is 1. The van der Waals surface area contributed by atoms with Crippen molar-refractivity contribution in [2.45, 2.75) is 130 Å².